The Balaban J connectivity index is 1.53. The van der Waals surface area contributed by atoms with Crippen LogP contribution in [0.3, 0.4) is 0 Å². The van der Waals surface area contributed by atoms with Crippen molar-refractivity contribution in [3.63, 3.8) is 0 Å². The number of carbonyl (C=O) groups excluding carboxylic acids is 2. The third kappa shape index (κ3) is 3.16. The quantitative estimate of drug-likeness (QED) is 0.929. The van der Waals surface area contributed by atoms with E-state index >= 15 is 0 Å². The Morgan fingerprint density at radius 2 is 1.73 bits per heavy atom. The van der Waals surface area contributed by atoms with Gasteiger partial charge in [0.25, 0.3) is 0 Å². The summed E-state index contributed by atoms with van der Waals surface area (Å²) in [7, 11) is 0. The molecule has 2 atom stereocenters. The van der Waals surface area contributed by atoms with Crippen LogP contribution in [-0.2, 0) is 9.59 Å². The van der Waals surface area contributed by atoms with E-state index in [1.165, 1.54) is 5.56 Å². The molecule has 4 nitrogen and oxygen atoms in total. The monoisotopic (exact) mass is 300 g/mol. The summed E-state index contributed by atoms with van der Waals surface area (Å²) >= 11 is 0. The van der Waals surface area contributed by atoms with Crippen LogP contribution >= 0.6 is 0 Å². The summed E-state index contributed by atoms with van der Waals surface area (Å²) in [4.78, 5) is 26.4. The van der Waals surface area contributed by atoms with Gasteiger partial charge in [-0.1, -0.05) is 26.0 Å². The molecule has 2 fully saturated rings. The van der Waals surface area contributed by atoms with Gasteiger partial charge in [-0.15, -0.1) is 0 Å². The highest BCUT2D eigenvalue weighted by Crippen LogP contribution is 2.41. The van der Waals surface area contributed by atoms with E-state index in [2.05, 4.69) is 19.2 Å². The molecule has 1 aromatic rings. The van der Waals surface area contributed by atoms with Gasteiger partial charge in [-0.3, -0.25) is 9.59 Å². The van der Waals surface area contributed by atoms with Crippen LogP contribution in [0.2, 0.25) is 0 Å². The third-order valence-corrected chi connectivity index (χ3v) is 4.71. The molecule has 0 spiro atoms. The molecule has 0 radical (unpaired) electrons. The third-order valence-electron chi connectivity index (χ3n) is 4.71. The largest absolute Gasteiger partial charge is 0.342 e. The summed E-state index contributed by atoms with van der Waals surface area (Å²) < 4.78 is 0. The zero-order valence-electron chi connectivity index (χ0n) is 13.3. The van der Waals surface area contributed by atoms with E-state index in [1.807, 2.05) is 29.2 Å². The number of benzene rings is 1. The smallest absolute Gasteiger partial charge is 0.228 e. The molecule has 1 aromatic carbocycles. The molecule has 2 amide bonds. The van der Waals surface area contributed by atoms with Gasteiger partial charge < -0.3 is 10.2 Å². The number of rotatable bonds is 4. The fraction of sp³-hybridized carbons (Fsp3) is 0.556. The molecule has 0 bridgehead atoms. The first-order chi connectivity index (χ1) is 10.6. The highest BCUT2D eigenvalue weighted by molar-refractivity contribution is 5.99. The normalized spacial score (nSPS) is 23.7. The van der Waals surface area contributed by atoms with E-state index in [0.717, 1.165) is 31.6 Å². The fourth-order valence-electron chi connectivity index (χ4n) is 3.12. The maximum absolute atomic E-state index is 12.2. The van der Waals surface area contributed by atoms with Gasteiger partial charge in [0.1, 0.15) is 0 Å². The van der Waals surface area contributed by atoms with Crippen molar-refractivity contribution in [1.29, 1.82) is 0 Å². The molecular formula is C18H24N2O2. The second-order valence-corrected chi connectivity index (χ2v) is 6.75. The minimum absolute atomic E-state index is 0.0187. The summed E-state index contributed by atoms with van der Waals surface area (Å²) in [6.07, 6.45) is 2.89. The molecule has 0 aromatic heterocycles. The van der Waals surface area contributed by atoms with Crippen LogP contribution in [0.25, 0.3) is 0 Å². The van der Waals surface area contributed by atoms with Crippen LogP contribution in [0.1, 0.15) is 44.6 Å². The average Bonchev–Trinajstić information content (AvgIpc) is 3.12. The molecule has 1 aliphatic heterocycles. The SMILES string of the molecule is CC(C)c1ccc(NC(=O)C2CC2C(=O)N2CCCC2)cc1. The first kappa shape index (κ1) is 15.1. The number of hydrogen-bond acceptors (Lipinski definition) is 2. The lowest BCUT2D eigenvalue weighted by Gasteiger charge is -2.15. The lowest BCUT2D eigenvalue weighted by atomic mass is 10.0. The van der Waals surface area contributed by atoms with Gasteiger partial charge in [-0.25, -0.2) is 0 Å². The predicted molar refractivity (Wildman–Crippen MR) is 86.6 cm³/mol. The lowest BCUT2D eigenvalue weighted by Crippen LogP contribution is -2.30. The van der Waals surface area contributed by atoms with E-state index in [-0.39, 0.29) is 23.7 Å². The number of carbonyl (C=O) groups is 2. The number of hydrogen-bond donors (Lipinski definition) is 1. The highest BCUT2D eigenvalue weighted by atomic mass is 16.2. The summed E-state index contributed by atoms with van der Waals surface area (Å²) in [5.41, 5.74) is 2.07. The predicted octanol–water partition coefficient (Wildman–Crippen LogP) is 3.01. The number of anilines is 1. The zero-order valence-corrected chi connectivity index (χ0v) is 13.3. The van der Waals surface area contributed by atoms with Crippen LogP contribution in [-0.4, -0.2) is 29.8 Å². The Hall–Kier alpha value is -1.84. The molecule has 1 aliphatic carbocycles. The number of amides is 2. The molecule has 1 heterocycles. The zero-order chi connectivity index (χ0) is 15.7. The molecule has 22 heavy (non-hydrogen) atoms. The second-order valence-electron chi connectivity index (χ2n) is 6.75. The minimum Gasteiger partial charge on any atom is -0.342 e. The molecule has 4 heteroatoms. The standard InChI is InChI=1S/C18H24N2O2/c1-12(2)13-5-7-14(8-6-13)19-17(21)15-11-16(15)18(22)20-9-3-4-10-20/h5-8,12,15-16H,3-4,9-11H2,1-2H3,(H,19,21). The topological polar surface area (TPSA) is 49.4 Å². The van der Waals surface area contributed by atoms with Crippen molar-refractivity contribution in [1.82, 2.24) is 4.90 Å². The molecule has 2 unspecified atom stereocenters. The Bertz CT molecular complexity index is 559. The minimum atomic E-state index is -0.141. The highest BCUT2D eigenvalue weighted by Gasteiger charge is 2.49. The van der Waals surface area contributed by atoms with Crippen molar-refractivity contribution >= 4 is 17.5 Å². The first-order valence-corrected chi connectivity index (χ1v) is 8.26. The van der Waals surface area contributed by atoms with Crippen molar-refractivity contribution in [2.45, 2.75) is 39.0 Å². The average molecular weight is 300 g/mol. The Morgan fingerprint density at radius 1 is 1.09 bits per heavy atom. The van der Waals surface area contributed by atoms with Crippen LogP contribution < -0.4 is 5.32 Å². The molecule has 1 saturated heterocycles. The van der Waals surface area contributed by atoms with E-state index < -0.39 is 0 Å². The fourth-order valence-corrected chi connectivity index (χ4v) is 3.12. The van der Waals surface area contributed by atoms with Gasteiger partial charge in [-0.2, -0.15) is 0 Å². The van der Waals surface area contributed by atoms with Crippen LogP contribution in [0.5, 0.6) is 0 Å². The Morgan fingerprint density at radius 3 is 2.32 bits per heavy atom. The summed E-state index contributed by atoms with van der Waals surface area (Å²) in [5, 5.41) is 2.94. The van der Waals surface area contributed by atoms with Crippen LogP contribution in [0.4, 0.5) is 5.69 Å². The molecular weight excluding hydrogens is 276 g/mol. The maximum Gasteiger partial charge on any atom is 0.228 e. The van der Waals surface area contributed by atoms with Crippen molar-refractivity contribution in [2.24, 2.45) is 11.8 Å². The van der Waals surface area contributed by atoms with Crippen molar-refractivity contribution < 1.29 is 9.59 Å². The van der Waals surface area contributed by atoms with E-state index in [9.17, 15) is 9.59 Å². The maximum atomic E-state index is 12.2. The molecule has 2 aliphatic rings. The van der Waals surface area contributed by atoms with E-state index in [1.54, 1.807) is 0 Å². The van der Waals surface area contributed by atoms with Gasteiger partial charge >= 0.3 is 0 Å². The molecule has 118 valence electrons. The van der Waals surface area contributed by atoms with Crippen LogP contribution in [0, 0.1) is 11.8 Å². The Kier molecular flexibility index (Phi) is 4.19. The molecule has 3 rings (SSSR count). The molecule has 1 N–H and O–H groups in total. The summed E-state index contributed by atoms with van der Waals surface area (Å²) in [6.45, 7) is 6.01. The van der Waals surface area contributed by atoms with Gasteiger partial charge in [0, 0.05) is 18.8 Å². The van der Waals surface area contributed by atoms with E-state index in [4.69, 9.17) is 0 Å². The first-order valence-electron chi connectivity index (χ1n) is 8.26. The lowest BCUT2D eigenvalue weighted by molar-refractivity contribution is -0.133. The van der Waals surface area contributed by atoms with Gasteiger partial charge in [-0.05, 0) is 42.9 Å². The number of nitrogens with zero attached hydrogens (tertiary/aromatic N) is 1. The summed E-state index contributed by atoms with van der Waals surface area (Å²) in [5.74, 6) is 0.407. The molecule has 1 saturated carbocycles. The van der Waals surface area contributed by atoms with Crippen molar-refractivity contribution in [3.05, 3.63) is 29.8 Å². The second kappa shape index (κ2) is 6.11. The van der Waals surface area contributed by atoms with Gasteiger partial charge in [0.15, 0.2) is 0 Å². The number of likely N-dealkylation sites (tertiary alicyclic amines) is 1. The van der Waals surface area contributed by atoms with E-state index in [0.29, 0.717) is 12.3 Å². The van der Waals surface area contributed by atoms with Crippen molar-refractivity contribution in [2.75, 3.05) is 18.4 Å². The number of nitrogens with one attached hydrogen (secondary N) is 1. The van der Waals surface area contributed by atoms with Gasteiger partial charge in [0.05, 0.1) is 11.8 Å². The Labute approximate surface area is 131 Å². The van der Waals surface area contributed by atoms with Crippen LogP contribution in [0.15, 0.2) is 24.3 Å². The summed E-state index contributed by atoms with van der Waals surface area (Å²) in [6, 6.07) is 7.96. The van der Waals surface area contributed by atoms with Gasteiger partial charge in [0.2, 0.25) is 11.8 Å². The van der Waals surface area contributed by atoms with Crippen molar-refractivity contribution in [3.8, 4) is 0 Å².